The maximum atomic E-state index is 11.2. The summed E-state index contributed by atoms with van der Waals surface area (Å²) in [6.07, 6.45) is 4.98. The molecule has 0 unspecified atom stereocenters. The number of rotatable bonds is 1. The van der Waals surface area contributed by atoms with Crippen molar-refractivity contribution in [2.45, 2.75) is 13.3 Å². The van der Waals surface area contributed by atoms with E-state index in [0.29, 0.717) is 0 Å². The summed E-state index contributed by atoms with van der Waals surface area (Å²) >= 11 is 0. The molecule has 0 saturated carbocycles. The van der Waals surface area contributed by atoms with Gasteiger partial charge in [0.1, 0.15) is 5.41 Å². The lowest BCUT2D eigenvalue weighted by Gasteiger charge is -2.28. The van der Waals surface area contributed by atoms with E-state index in [4.69, 9.17) is 6.42 Å². The molecule has 5 nitrogen and oxygen atoms in total. The van der Waals surface area contributed by atoms with Crippen LogP contribution in [-0.4, -0.2) is 17.8 Å². The molecule has 13 heavy (non-hydrogen) atoms. The SMILES string of the molecule is C#CCC1(C)C(=O)NC(=O)NC1=O. The molecule has 1 aliphatic heterocycles. The maximum absolute atomic E-state index is 11.2. The van der Waals surface area contributed by atoms with Gasteiger partial charge in [-0.05, 0) is 6.92 Å². The molecule has 0 aromatic rings. The lowest BCUT2D eigenvalue weighted by molar-refractivity contribution is -0.142. The van der Waals surface area contributed by atoms with Crippen LogP contribution in [0.5, 0.6) is 0 Å². The van der Waals surface area contributed by atoms with E-state index < -0.39 is 23.3 Å². The minimum atomic E-state index is -1.33. The van der Waals surface area contributed by atoms with Crippen molar-refractivity contribution in [3.05, 3.63) is 0 Å². The van der Waals surface area contributed by atoms with Crippen LogP contribution in [0, 0.1) is 17.8 Å². The van der Waals surface area contributed by atoms with Gasteiger partial charge in [-0.2, -0.15) is 0 Å². The van der Waals surface area contributed by atoms with Gasteiger partial charge in [-0.25, -0.2) is 4.79 Å². The number of carbonyl (C=O) groups is 3. The van der Waals surface area contributed by atoms with E-state index in [0.717, 1.165) is 0 Å². The fraction of sp³-hybridized carbons (Fsp3) is 0.375. The first-order chi connectivity index (χ1) is 6.00. The van der Waals surface area contributed by atoms with E-state index in [1.807, 2.05) is 10.6 Å². The van der Waals surface area contributed by atoms with Crippen molar-refractivity contribution in [2.24, 2.45) is 5.41 Å². The quantitative estimate of drug-likeness (QED) is 0.417. The van der Waals surface area contributed by atoms with Crippen LogP contribution in [0.3, 0.4) is 0 Å². The number of terminal acetylenes is 1. The normalized spacial score (nSPS) is 20.2. The van der Waals surface area contributed by atoms with Gasteiger partial charge in [0.2, 0.25) is 11.8 Å². The van der Waals surface area contributed by atoms with E-state index in [1.54, 1.807) is 0 Å². The summed E-state index contributed by atoms with van der Waals surface area (Å²) in [6, 6.07) is -0.801. The van der Waals surface area contributed by atoms with Crippen molar-refractivity contribution in [1.29, 1.82) is 0 Å². The molecular weight excluding hydrogens is 172 g/mol. The van der Waals surface area contributed by atoms with Crippen molar-refractivity contribution in [2.75, 3.05) is 0 Å². The smallest absolute Gasteiger partial charge is 0.277 e. The van der Waals surface area contributed by atoms with Crippen molar-refractivity contribution in [3.8, 4) is 12.3 Å². The highest BCUT2D eigenvalue weighted by molar-refractivity contribution is 6.19. The Hall–Kier alpha value is -1.83. The highest BCUT2D eigenvalue weighted by Crippen LogP contribution is 2.23. The average molecular weight is 180 g/mol. The molecule has 1 aliphatic rings. The molecule has 2 N–H and O–H groups in total. The molecule has 0 spiro atoms. The predicted octanol–water partition coefficient (Wildman–Crippen LogP) is -0.618. The zero-order valence-corrected chi connectivity index (χ0v) is 7.01. The van der Waals surface area contributed by atoms with Gasteiger partial charge in [-0.1, -0.05) is 0 Å². The Bertz CT molecular complexity index is 307. The number of hydrogen-bond donors (Lipinski definition) is 2. The number of carbonyl (C=O) groups excluding carboxylic acids is 3. The highest BCUT2D eigenvalue weighted by atomic mass is 16.2. The number of imide groups is 2. The summed E-state index contributed by atoms with van der Waals surface area (Å²) in [7, 11) is 0. The number of amides is 4. The molecule has 0 bridgehead atoms. The first-order valence-electron chi connectivity index (χ1n) is 3.61. The lowest BCUT2D eigenvalue weighted by Crippen LogP contribution is -2.61. The second-order valence-corrected chi connectivity index (χ2v) is 2.95. The molecule has 1 saturated heterocycles. The fourth-order valence-electron chi connectivity index (χ4n) is 0.981. The Morgan fingerprint density at radius 1 is 1.31 bits per heavy atom. The molecule has 1 rings (SSSR count). The fourth-order valence-corrected chi connectivity index (χ4v) is 0.981. The highest BCUT2D eigenvalue weighted by Gasteiger charge is 2.45. The third-order valence-corrected chi connectivity index (χ3v) is 1.91. The van der Waals surface area contributed by atoms with Crippen LogP contribution in [0.4, 0.5) is 4.79 Å². The van der Waals surface area contributed by atoms with Crippen LogP contribution >= 0.6 is 0 Å². The van der Waals surface area contributed by atoms with Gasteiger partial charge in [0.05, 0.1) is 0 Å². The van der Waals surface area contributed by atoms with E-state index in [-0.39, 0.29) is 6.42 Å². The van der Waals surface area contributed by atoms with E-state index in [9.17, 15) is 14.4 Å². The number of hydrogen-bond acceptors (Lipinski definition) is 3. The predicted molar refractivity (Wildman–Crippen MR) is 43.2 cm³/mol. The first-order valence-corrected chi connectivity index (χ1v) is 3.61. The monoisotopic (exact) mass is 180 g/mol. The zero-order valence-electron chi connectivity index (χ0n) is 7.01. The van der Waals surface area contributed by atoms with E-state index >= 15 is 0 Å². The Labute approximate surface area is 74.9 Å². The molecule has 1 heterocycles. The van der Waals surface area contributed by atoms with Crippen molar-refractivity contribution >= 4 is 17.8 Å². The number of nitrogens with one attached hydrogen (secondary N) is 2. The van der Waals surface area contributed by atoms with Gasteiger partial charge in [-0.3, -0.25) is 20.2 Å². The van der Waals surface area contributed by atoms with Crippen molar-refractivity contribution in [1.82, 2.24) is 10.6 Å². The molecule has 0 radical (unpaired) electrons. The van der Waals surface area contributed by atoms with Crippen molar-refractivity contribution in [3.63, 3.8) is 0 Å². The topological polar surface area (TPSA) is 75.3 Å². The Balaban J connectivity index is 2.97. The number of barbiturate groups is 1. The molecule has 0 aliphatic carbocycles. The van der Waals surface area contributed by atoms with Gasteiger partial charge in [0.15, 0.2) is 0 Å². The van der Waals surface area contributed by atoms with Crippen LogP contribution < -0.4 is 10.6 Å². The van der Waals surface area contributed by atoms with Gasteiger partial charge < -0.3 is 0 Å². The maximum Gasteiger partial charge on any atom is 0.328 e. The van der Waals surface area contributed by atoms with Crippen LogP contribution in [0.1, 0.15) is 13.3 Å². The molecule has 0 atom stereocenters. The van der Waals surface area contributed by atoms with Crippen LogP contribution in [0.2, 0.25) is 0 Å². The molecule has 0 aromatic heterocycles. The molecule has 5 heteroatoms. The van der Waals surface area contributed by atoms with Crippen molar-refractivity contribution < 1.29 is 14.4 Å². The Morgan fingerprint density at radius 3 is 2.15 bits per heavy atom. The summed E-state index contributed by atoms with van der Waals surface area (Å²) in [5.74, 6) is 0.914. The minimum absolute atomic E-state index is 0.0298. The molecule has 68 valence electrons. The minimum Gasteiger partial charge on any atom is -0.277 e. The third kappa shape index (κ3) is 1.38. The standard InChI is InChI=1S/C8H8N2O3/c1-3-4-8(2)5(11)9-7(13)10-6(8)12/h1H,4H2,2H3,(H2,9,10,11,12,13). The average Bonchev–Trinajstić information content (AvgIpc) is 2.01. The van der Waals surface area contributed by atoms with Gasteiger partial charge in [0, 0.05) is 6.42 Å². The zero-order chi connectivity index (χ0) is 10.1. The molecule has 0 aromatic carbocycles. The second-order valence-electron chi connectivity index (χ2n) is 2.95. The lowest BCUT2D eigenvalue weighted by atomic mass is 9.84. The van der Waals surface area contributed by atoms with Crippen LogP contribution in [0.15, 0.2) is 0 Å². The van der Waals surface area contributed by atoms with Gasteiger partial charge >= 0.3 is 6.03 Å². The molecule has 4 amide bonds. The Kier molecular flexibility index (Phi) is 2.07. The second kappa shape index (κ2) is 2.90. The first kappa shape index (κ1) is 9.26. The molecular formula is C8H8N2O3. The van der Waals surface area contributed by atoms with Crippen LogP contribution in [0.25, 0.3) is 0 Å². The van der Waals surface area contributed by atoms with Crippen LogP contribution in [-0.2, 0) is 9.59 Å². The van der Waals surface area contributed by atoms with Gasteiger partial charge in [0.25, 0.3) is 0 Å². The summed E-state index contributed by atoms with van der Waals surface area (Å²) in [5.41, 5.74) is -1.33. The summed E-state index contributed by atoms with van der Waals surface area (Å²) < 4.78 is 0. The van der Waals surface area contributed by atoms with E-state index in [2.05, 4.69) is 5.92 Å². The number of urea groups is 1. The summed E-state index contributed by atoms with van der Waals surface area (Å²) in [5, 5.41) is 3.96. The summed E-state index contributed by atoms with van der Waals surface area (Å²) in [4.78, 5) is 33.1. The van der Waals surface area contributed by atoms with Gasteiger partial charge in [-0.15, -0.1) is 12.3 Å². The largest absolute Gasteiger partial charge is 0.328 e. The third-order valence-electron chi connectivity index (χ3n) is 1.91. The van der Waals surface area contributed by atoms with E-state index in [1.165, 1.54) is 6.92 Å². The summed E-state index contributed by atoms with van der Waals surface area (Å²) in [6.45, 7) is 1.39. The molecule has 1 fully saturated rings. The Morgan fingerprint density at radius 2 is 1.77 bits per heavy atom.